The molecule has 2 amide bonds. The molecular formula is C24H26N6O2. The number of nitrogens with two attached hydrogens (primary N) is 1. The number of anilines is 1. The van der Waals surface area contributed by atoms with E-state index in [-0.39, 0.29) is 29.4 Å². The number of nitrogen functional groups attached to an aromatic ring is 1. The van der Waals surface area contributed by atoms with Crippen LogP contribution in [0.3, 0.4) is 0 Å². The van der Waals surface area contributed by atoms with Gasteiger partial charge >= 0.3 is 0 Å². The number of hydrogen-bond acceptors (Lipinski definition) is 6. The molecule has 1 atom stereocenters. The molecule has 0 radical (unpaired) electrons. The SMILES string of the molecule is Nc1ncc(-c2cccc(C(=O)NCCc3ccccc3)c2)nc1C(=O)NC1CCNC1. The summed E-state index contributed by atoms with van der Waals surface area (Å²) >= 11 is 0. The summed E-state index contributed by atoms with van der Waals surface area (Å²) in [6, 6.07) is 17.1. The number of aromatic nitrogens is 2. The average molecular weight is 431 g/mol. The Morgan fingerprint density at radius 2 is 1.94 bits per heavy atom. The van der Waals surface area contributed by atoms with Gasteiger partial charge in [0.15, 0.2) is 11.5 Å². The highest BCUT2D eigenvalue weighted by Crippen LogP contribution is 2.20. The molecule has 8 heteroatoms. The molecule has 1 aromatic heterocycles. The Morgan fingerprint density at radius 1 is 1.09 bits per heavy atom. The lowest BCUT2D eigenvalue weighted by atomic mass is 10.1. The van der Waals surface area contributed by atoms with Gasteiger partial charge in [-0.1, -0.05) is 42.5 Å². The van der Waals surface area contributed by atoms with Crippen LogP contribution in [0.2, 0.25) is 0 Å². The van der Waals surface area contributed by atoms with E-state index in [1.807, 2.05) is 36.4 Å². The molecule has 1 aliphatic heterocycles. The fourth-order valence-electron chi connectivity index (χ4n) is 3.62. The molecule has 2 heterocycles. The zero-order valence-corrected chi connectivity index (χ0v) is 17.7. The Hall–Kier alpha value is -3.78. The molecule has 1 aliphatic rings. The largest absolute Gasteiger partial charge is 0.382 e. The Balaban J connectivity index is 1.45. The third-order valence-electron chi connectivity index (χ3n) is 5.37. The number of benzene rings is 2. The standard InChI is InChI=1S/C24H26N6O2/c25-22-21(24(32)29-19-10-11-26-14-19)30-20(15-28-22)17-7-4-8-18(13-17)23(31)27-12-9-16-5-2-1-3-6-16/h1-8,13,15,19,26H,9-12,14H2,(H2,25,28)(H,27,31)(H,29,32). The summed E-state index contributed by atoms with van der Waals surface area (Å²) < 4.78 is 0. The summed E-state index contributed by atoms with van der Waals surface area (Å²) in [6.07, 6.45) is 3.13. The zero-order chi connectivity index (χ0) is 22.3. The molecule has 3 aromatic rings. The molecule has 1 saturated heterocycles. The lowest BCUT2D eigenvalue weighted by molar-refractivity contribution is 0.0932. The second-order valence-electron chi connectivity index (χ2n) is 7.72. The van der Waals surface area contributed by atoms with Gasteiger partial charge in [-0.25, -0.2) is 9.97 Å². The first kappa shape index (κ1) is 21.5. The molecule has 2 aromatic carbocycles. The van der Waals surface area contributed by atoms with Crippen molar-refractivity contribution in [2.75, 3.05) is 25.4 Å². The average Bonchev–Trinajstić information content (AvgIpc) is 3.33. The fourth-order valence-corrected chi connectivity index (χ4v) is 3.62. The van der Waals surface area contributed by atoms with Gasteiger partial charge in [0.1, 0.15) is 0 Å². The highest BCUT2D eigenvalue weighted by molar-refractivity contribution is 5.97. The van der Waals surface area contributed by atoms with E-state index in [0.29, 0.717) is 23.4 Å². The van der Waals surface area contributed by atoms with Gasteiger partial charge in [0.25, 0.3) is 11.8 Å². The lowest BCUT2D eigenvalue weighted by Gasteiger charge is -2.12. The zero-order valence-electron chi connectivity index (χ0n) is 17.7. The monoisotopic (exact) mass is 430 g/mol. The molecule has 4 rings (SSSR count). The summed E-state index contributed by atoms with van der Waals surface area (Å²) in [5.41, 5.74) is 8.84. The highest BCUT2D eigenvalue weighted by Gasteiger charge is 2.21. The van der Waals surface area contributed by atoms with E-state index in [2.05, 4.69) is 25.9 Å². The third kappa shape index (κ3) is 5.28. The number of nitrogens with zero attached hydrogens (tertiary/aromatic N) is 2. The summed E-state index contributed by atoms with van der Waals surface area (Å²) in [4.78, 5) is 33.8. The van der Waals surface area contributed by atoms with E-state index in [1.54, 1.807) is 18.2 Å². The topological polar surface area (TPSA) is 122 Å². The highest BCUT2D eigenvalue weighted by atomic mass is 16.2. The summed E-state index contributed by atoms with van der Waals surface area (Å²) in [7, 11) is 0. The van der Waals surface area contributed by atoms with Crippen LogP contribution in [0, 0.1) is 0 Å². The molecule has 0 saturated carbocycles. The first-order valence-electron chi connectivity index (χ1n) is 10.7. The molecule has 8 nitrogen and oxygen atoms in total. The van der Waals surface area contributed by atoms with E-state index in [4.69, 9.17) is 5.73 Å². The van der Waals surface area contributed by atoms with Gasteiger partial charge in [0.2, 0.25) is 0 Å². The van der Waals surface area contributed by atoms with Crippen LogP contribution in [-0.4, -0.2) is 47.5 Å². The van der Waals surface area contributed by atoms with Crippen molar-refractivity contribution in [2.45, 2.75) is 18.9 Å². The summed E-state index contributed by atoms with van der Waals surface area (Å²) in [5.74, 6) is -0.440. The number of rotatable bonds is 7. The molecule has 1 fully saturated rings. The number of carbonyl (C=O) groups is 2. The Bertz CT molecular complexity index is 1100. The van der Waals surface area contributed by atoms with Crippen molar-refractivity contribution in [3.05, 3.63) is 77.6 Å². The number of carbonyl (C=O) groups excluding carboxylic acids is 2. The van der Waals surface area contributed by atoms with Gasteiger partial charge in [0.05, 0.1) is 11.9 Å². The van der Waals surface area contributed by atoms with Crippen molar-refractivity contribution in [3.63, 3.8) is 0 Å². The third-order valence-corrected chi connectivity index (χ3v) is 5.37. The molecule has 0 spiro atoms. The molecule has 32 heavy (non-hydrogen) atoms. The van der Waals surface area contributed by atoms with Crippen LogP contribution in [0.25, 0.3) is 11.3 Å². The maximum Gasteiger partial charge on any atom is 0.274 e. The van der Waals surface area contributed by atoms with Gasteiger partial charge in [0, 0.05) is 30.3 Å². The van der Waals surface area contributed by atoms with Gasteiger partial charge in [-0.15, -0.1) is 0 Å². The van der Waals surface area contributed by atoms with Crippen molar-refractivity contribution < 1.29 is 9.59 Å². The minimum atomic E-state index is -0.347. The van der Waals surface area contributed by atoms with Crippen LogP contribution in [0.15, 0.2) is 60.8 Å². The van der Waals surface area contributed by atoms with Crippen molar-refractivity contribution in [1.29, 1.82) is 0 Å². The maximum absolute atomic E-state index is 12.6. The lowest BCUT2D eigenvalue weighted by Crippen LogP contribution is -2.37. The normalized spacial score (nSPS) is 15.3. The molecule has 164 valence electrons. The summed E-state index contributed by atoms with van der Waals surface area (Å²) in [5, 5.41) is 9.07. The first-order valence-corrected chi connectivity index (χ1v) is 10.7. The Labute approximate surface area is 186 Å². The second-order valence-corrected chi connectivity index (χ2v) is 7.72. The smallest absolute Gasteiger partial charge is 0.274 e. The van der Waals surface area contributed by atoms with Crippen LogP contribution < -0.4 is 21.7 Å². The minimum absolute atomic E-state index is 0.0512. The molecule has 5 N–H and O–H groups in total. The first-order chi connectivity index (χ1) is 15.6. The van der Waals surface area contributed by atoms with E-state index < -0.39 is 0 Å². The number of hydrogen-bond donors (Lipinski definition) is 4. The van der Waals surface area contributed by atoms with Crippen molar-refractivity contribution >= 4 is 17.6 Å². The number of amides is 2. The fraction of sp³-hybridized carbons (Fsp3) is 0.250. The molecule has 0 bridgehead atoms. The van der Waals surface area contributed by atoms with Crippen LogP contribution in [-0.2, 0) is 6.42 Å². The van der Waals surface area contributed by atoms with Crippen molar-refractivity contribution in [3.8, 4) is 11.3 Å². The number of nitrogens with one attached hydrogen (secondary N) is 3. The molecule has 1 unspecified atom stereocenters. The quantitative estimate of drug-likeness (QED) is 0.453. The predicted molar refractivity (Wildman–Crippen MR) is 123 cm³/mol. The Kier molecular flexibility index (Phi) is 6.72. The van der Waals surface area contributed by atoms with E-state index >= 15 is 0 Å². The van der Waals surface area contributed by atoms with Crippen LogP contribution in [0.5, 0.6) is 0 Å². The van der Waals surface area contributed by atoms with Gasteiger partial charge < -0.3 is 21.7 Å². The van der Waals surface area contributed by atoms with Gasteiger partial charge in [-0.2, -0.15) is 0 Å². The van der Waals surface area contributed by atoms with Crippen LogP contribution in [0.1, 0.15) is 32.8 Å². The predicted octanol–water partition coefficient (Wildman–Crippen LogP) is 1.79. The van der Waals surface area contributed by atoms with Crippen molar-refractivity contribution in [2.24, 2.45) is 0 Å². The van der Waals surface area contributed by atoms with Gasteiger partial charge in [-0.3, -0.25) is 9.59 Å². The molecular weight excluding hydrogens is 404 g/mol. The maximum atomic E-state index is 12.6. The van der Waals surface area contributed by atoms with E-state index in [9.17, 15) is 9.59 Å². The van der Waals surface area contributed by atoms with Crippen LogP contribution in [0.4, 0.5) is 5.82 Å². The molecule has 0 aliphatic carbocycles. The van der Waals surface area contributed by atoms with Gasteiger partial charge in [-0.05, 0) is 37.1 Å². The second kappa shape index (κ2) is 10.0. The van der Waals surface area contributed by atoms with E-state index in [1.165, 1.54) is 6.20 Å². The van der Waals surface area contributed by atoms with Crippen molar-refractivity contribution in [1.82, 2.24) is 25.9 Å². The summed E-state index contributed by atoms with van der Waals surface area (Å²) in [6.45, 7) is 2.13. The Morgan fingerprint density at radius 3 is 2.72 bits per heavy atom. The van der Waals surface area contributed by atoms with Crippen LogP contribution >= 0.6 is 0 Å². The van der Waals surface area contributed by atoms with E-state index in [0.717, 1.165) is 31.5 Å². The minimum Gasteiger partial charge on any atom is -0.382 e.